The number of amides is 2. The molecule has 1 atom stereocenters. The fraction of sp³-hybridized carbons (Fsp3) is 0.286. The van der Waals surface area contributed by atoms with E-state index < -0.39 is 17.5 Å². The van der Waals surface area contributed by atoms with Gasteiger partial charge in [-0.25, -0.2) is 0 Å². The Morgan fingerprint density at radius 3 is 2.38 bits per heavy atom. The van der Waals surface area contributed by atoms with Crippen LogP contribution in [0.2, 0.25) is 0 Å². The number of hydrogen-bond acceptors (Lipinski definition) is 7. The number of carbonyl (C=O) groups excluding carboxylic acids is 2. The summed E-state index contributed by atoms with van der Waals surface area (Å²) < 4.78 is 42.1. The SMILES string of the molecule is Cc1cccc(C)c1NC(=O)CNC(=O)C(C)Sc1nnnn1-c1ccc(OC(F)(F)F)cc1. The fourth-order valence-electron chi connectivity index (χ4n) is 2.92. The zero-order chi connectivity index (χ0) is 24.9. The molecule has 1 heterocycles. The number of carbonyl (C=O) groups is 2. The number of anilines is 1. The molecule has 0 saturated heterocycles. The van der Waals surface area contributed by atoms with Gasteiger partial charge in [0.25, 0.3) is 0 Å². The van der Waals surface area contributed by atoms with E-state index in [1.165, 1.54) is 16.8 Å². The van der Waals surface area contributed by atoms with E-state index in [2.05, 4.69) is 30.9 Å². The molecule has 0 aliphatic rings. The number of tetrazole rings is 1. The van der Waals surface area contributed by atoms with Crippen molar-refractivity contribution in [1.29, 1.82) is 0 Å². The number of ether oxygens (including phenoxy) is 1. The lowest BCUT2D eigenvalue weighted by Crippen LogP contribution is -2.37. The third-order valence-electron chi connectivity index (χ3n) is 4.58. The minimum absolute atomic E-state index is 0.219. The molecule has 1 unspecified atom stereocenters. The van der Waals surface area contributed by atoms with E-state index in [0.717, 1.165) is 35.0 Å². The first-order valence-electron chi connectivity index (χ1n) is 9.98. The number of thioether (sulfide) groups is 1. The second-order valence-corrected chi connectivity index (χ2v) is 8.52. The summed E-state index contributed by atoms with van der Waals surface area (Å²) in [5.74, 6) is -1.16. The van der Waals surface area contributed by atoms with E-state index in [0.29, 0.717) is 11.4 Å². The van der Waals surface area contributed by atoms with Gasteiger partial charge in [0, 0.05) is 5.69 Å². The lowest BCUT2D eigenvalue weighted by molar-refractivity contribution is -0.274. The van der Waals surface area contributed by atoms with Gasteiger partial charge >= 0.3 is 6.36 Å². The maximum atomic E-state index is 12.5. The zero-order valence-electron chi connectivity index (χ0n) is 18.4. The molecule has 34 heavy (non-hydrogen) atoms. The van der Waals surface area contributed by atoms with E-state index in [1.807, 2.05) is 32.0 Å². The molecule has 3 rings (SSSR count). The van der Waals surface area contributed by atoms with Crippen molar-refractivity contribution < 1.29 is 27.5 Å². The number of aromatic nitrogens is 4. The molecule has 13 heteroatoms. The van der Waals surface area contributed by atoms with Gasteiger partial charge in [0.05, 0.1) is 17.5 Å². The van der Waals surface area contributed by atoms with Gasteiger partial charge < -0.3 is 15.4 Å². The molecule has 2 N–H and O–H groups in total. The molecule has 0 aliphatic carbocycles. The van der Waals surface area contributed by atoms with E-state index in [1.54, 1.807) is 6.92 Å². The van der Waals surface area contributed by atoms with Gasteiger partial charge in [-0.05, 0) is 66.6 Å². The minimum Gasteiger partial charge on any atom is -0.406 e. The van der Waals surface area contributed by atoms with Crippen LogP contribution in [-0.4, -0.2) is 50.2 Å². The molecule has 3 aromatic rings. The van der Waals surface area contributed by atoms with Crippen LogP contribution in [0.5, 0.6) is 5.75 Å². The van der Waals surface area contributed by atoms with Crippen LogP contribution in [0.25, 0.3) is 5.69 Å². The van der Waals surface area contributed by atoms with E-state index in [9.17, 15) is 22.8 Å². The lowest BCUT2D eigenvalue weighted by Gasteiger charge is -2.14. The summed E-state index contributed by atoms with van der Waals surface area (Å²) in [5.41, 5.74) is 2.90. The number of halogens is 3. The first-order chi connectivity index (χ1) is 16.0. The molecule has 0 fully saturated rings. The number of aryl methyl sites for hydroxylation is 2. The summed E-state index contributed by atoms with van der Waals surface area (Å²) in [4.78, 5) is 24.7. The van der Waals surface area contributed by atoms with Gasteiger partial charge in [0.2, 0.25) is 17.0 Å². The first-order valence-corrected chi connectivity index (χ1v) is 10.9. The Labute approximate surface area is 197 Å². The Morgan fingerprint density at radius 2 is 1.76 bits per heavy atom. The van der Waals surface area contributed by atoms with Gasteiger partial charge in [-0.1, -0.05) is 30.0 Å². The van der Waals surface area contributed by atoms with Crippen LogP contribution < -0.4 is 15.4 Å². The largest absolute Gasteiger partial charge is 0.573 e. The van der Waals surface area contributed by atoms with Crippen LogP contribution in [-0.2, 0) is 9.59 Å². The summed E-state index contributed by atoms with van der Waals surface area (Å²) in [6.07, 6.45) is -4.80. The van der Waals surface area contributed by atoms with Crippen molar-refractivity contribution in [3.63, 3.8) is 0 Å². The van der Waals surface area contributed by atoms with Crippen molar-refractivity contribution in [1.82, 2.24) is 25.5 Å². The van der Waals surface area contributed by atoms with Crippen molar-refractivity contribution in [2.24, 2.45) is 0 Å². The van der Waals surface area contributed by atoms with Crippen molar-refractivity contribution in [2.75, 3.05) is 11.9 Å². The topological polar surface area (TPSA) is 111 Å². The van der Waals surface area contributed by atoms with Gasteiger partial charge in [-0.15, -0.1) is 18.3 Å². The summed E-state index contributed by atoms with van der Waals surface area (Å²) >= 11 is 1.03. The highest BCUT2D eigenvalue weighted by Crippen LogP contribution is 2.26. The number of hydrogen-bond donors (Lipinski definition) is 2. The van der Waals surface area contributed by atoms with Crippen LogP contribution >= 0.6 is 11.8 Å². The van der Waals surface area contributed by atoms with Crippen LogP contribution in [0.4, 0.5) is 18.9 Å². The predicted molar refractivity (Wildman–Crippen MR) is 119 cm³/mol. The number of nitrogens with one attached hydrogen (secondary N) is 2. The van der Waals surface area contributed by atoms with Crippen molar-refractivity contribution in [2.45, 2.75) is 37.5 Å². The van der Waals surface area contributed by atoms with Gasteiger partial charge in [-0.2, -0.15) is 4.68 Å². The summed E-state index contributed by atoms with van der Waals surface area (Å²) in [6.45, 7) is 5.15. The quantitative estimate of drug-likeness (QED) is 0.462. The summed E-state index contributed by atoms with van der Waals surface area (Å²) in [6, 6.07) is 10.6. The number of rotatable bonds is 8. The minimum atomic E-state index is -4.80. The maximum Gasteiger partial charge on any atom is 0.573 e. The molecular weight excluding hydrogens is 473 g/mol. The average molecular weight is 494 g/mol. The highest BCUT2D eigenvalue weighted by Gasteiger charge is 2.31. The highest BCUT2D eigenvalue weighted by molar-refractivity contribution is 8.00. The number of para-hydroxylation sites is 1. The highest BCUT2D eigenvalue weighted by atomic mass is 32.2. The summed E-state index contributed by atoms with van der Waals surface area (Å²) in [5, 5.41) is 16.2. The Morgan fingerprint density at radius 1 is 1.12 bits per heavy atom. The molecule has 9 nitrogen and oxygen atoms in total. The Kier molecular flexibility index (Phi) is 7.76. The van der Waals surface area contributed by atoms with E-state index in [-0.39, 0.29) is 23.4 Å². The Balaban J connectivity index is 1.57. The molecule has 0 bridgehead atoms. The molecule has 2 amide bonds. The van der Waals surface area contributed by atoms with Crippen LogP contribution in [0.15, 0.2) is 47.6 Å². The molecule has 180 valence electrons. The van der Waals surface area contributed by atoms with Crippen LogP contribution in [0.3, 0.4) is 0 Å². The smallest absolute Gasteiger partial charge is 0.406 e. The van der Waals surface area contributed by atoms with Crippen LogP contribution in [0, 0.1) is 13.8 Å². The van der Waals surface area contributed by atoms with E-state index in [4.69, 9.17) is 0 Å². The van der Waals surface area contributed by atoms with Crippen molar-refractivity contribution in [3.8, 4) is 11.4 Å². The number of nitrogens with zero attached hydrogens (tertiary/aromatic N) is 4. The third-order valence-corrected chi connectivity index (χ3v) is 5.61. The third kappa shape index (κ3) is 6.70. The number of alkyl halides is 3. The lowest BCUT2D eigenvalue weighted by atomic mass is 10.1. The second kappa shape index (κ2) is 10.5. The first kappa shape index (κ1) is 25.0. The van der Waals surface area contributed by atoms with Crippen LogP contribution in [0.1, 0.15) is 18.1 Å². The molecule has 0 radical (unpaired) electrons. The molecule has 0 spiro atoms. The van der Waals surface area contributed by atoms with Gasteiger partial charge in [0.15, 0.2) is 0 Å². The van der Waals surface area contributed by atoms with Crippen molar-refractivity contribution >= 4 is 29.3 Å². The summed E-state index contributed by atoms with van der Waals surface area (Å²) in [7, 11) is 0. The molecule has 2 aromatic carbocycles. The Bertz CT molecular complexity index is 1150. The maximum absolute atomic E-state index is 12.5. The molecular formula is C21H21F3N6O3S. The molecule has 0 saturated carbocycles. The second-order valence-electron chi connectivity index (χ2n) is 7.21. The average Bonchev–Trinajstić information content (AvgIpc) is 3.22. The number of benzene rings is 2. The Hall–Kier alpha value is -3.61. The monoisotopic (exact) mass is 494 g/mol. The van der Waals surface area contributed by atoms with E-state index >= 15 is 0 Å². The standard InChI is InChI=1S/C21H21F3N6O3S/c1-12-5-4-6-13(2)18(12)26-17(31)11-25-19(32)14(3)34-20-27-28-29-30(20)15-7-9-16(10-8-15)33-21(22,23)24/h4-10,14H,11H2,1-3H3,(H,25,32)(H,26,31). The molecule has 1 aromatic heterocycles. The predicted octanol–water partition coefficient (Wildman–Crippen LogP) is 3.41. The molecule has 0 aliphatic heterocycles. The fourth-order valence-corrected chi connectivity index (χ4v) is 3.75. The van der Waals surface area contributed by atoms with Gasteiger partial charge in [0.1, 0.15) is 5.75 Å². The zero-order valence-corrected chi connectivity index (χ0v) is 19.2. The van der Waals surface area contributed by atoms with Crippen molar-refractivity contribution in [3.05, 3.63) is 53.6 Å². The van der Waals surface area contributed by atoms with Gasteiger partial charge in [-0.3, -0.25) is 9.59 Å². The normalized spacial score (nSPS) is 12.2.